The van der Waals surface area contributed by atoms with Gasteiger partial charge in [0.05, 0.1) is 30.5 Å². The summed E-state index contributed by atoms with van der Waals surface area (Å²) in [5.41, 5.74) is 2.33. The fraction of sp³-hybridized carbons (Fsp3) is 0.733. The topological polar surface area (TPSA) is 67.6 Å². The number of rotatable bonds is 7. The number of aromatic nitrogens is 2. The van der Waals surface area contributed by atoms with E-state index in [9.17, 15) is 4.79 Å². The van der Waals surface area contributed by atoms with Crippen LogP contribution >= 0.6 is 0 Å². The summed E-state index contributed by atoms with van der Waals surface area (Å²) in [6.07, 6.45) is 2.24. The van der Waals surface area contributed by atoms with Crippen LogP contribution in [0.2, 0.25) is 0 Å². The molecule has 0 radical (unpaired) electrons. The van der Waals surface area contributed by atoms with Gasteiger partial charge in [-0.3, -0.25) is 14.4 Å². The van der Waals surface area contributed by atoms with Gasteiger partial charge in [0, 0.05) is 26.2 Å². The van der Waals surface area contributed by atoms with Crippen LogP contribution in [0.3, 0.4) is 0 Å². The zero-order valence-corrected chi connectivity index (χ0v) is 12.9. The third kappa shape index (κ3) is 4.82. The summed E-state index contributed by atoms with van der Waals surface area (Å²) < 4.78 is 7.68. The van der Waals surface area contributed by atoms with E-state index in [0.717, 1.165) is 44.7 Å². The van der Waals surface area contributed by atoms with E-state index in [1.165, 1.54) is 5.69 Å². The van der Waals surface area contributed by atoms with Gasteiger partial charge in [-0.05, 0) is 32.8 Å². The molecule has 1 aliphatic heterocycles. The van der Waals surface area contributed by atoms with Crippen molar-refractivity contribution in [3.05, 3.63) is 17.5 Å². The van der Waals surface area contributed by atoms with Gasteiger partial charge in [-0.15, -0.1) is 0 Å². The maximum Gasteiger partial charge on any atom is 0.305 e. The van der Waals surface area contributed by atoms with E-state index in [0.29, 0.717) is 6.61 Å². The first kappa shape index (κ1) is 16.0. The molecule has 0 spiro atoms. The van der Waals surface area contributed by atoms with Gasteiger partial charge in [-0.25, -0.2) is 0 Å². The zero-order chi connectivity index (χ0) is 15.2. The van der Waals surface area contributed by atoms with Crippen LogP contribution in [0.4, 0.5) is 0 Å². The van der Waals surface area contributed by atoms with E-state index in [-0.39, 0.29) is 12.5 Å². The summed E-state index contributed by atoms with van der Waals surface area (Å²) >= 11 is 0. The molecule has 1 N–H and O–H groups in total. The quantitative estimate of drug-likeness (QED) is 0.828. The van der Waals surface area contributed by atoms with Gasteiger partial charge in [0.2, 0.25) is 0 Å². The molecule has 1 fully saturated rings. The summed E-state index contributed by atoms with van der Waals surface area (Å²) in [5, 5.41) is 13.1. The van der Waals surface area contributed by atoms with Gasteiger partial charge < -0.3 is 9.84 Å². The molecule has 1 aliphatic rings. The van der Waals surface area contributed by atoms with E-state index in [1.807, 2.05) is 6.92 Å². The molecule has 0 unspecified atom stereocenters. The molecule has 1 saturated heterocycles. The van der Waals surface area contributed by atoms with Crippen LogP contribution in [0.1, 0.15) is 37.6 Å². The highest BCUT2D eigenvalue weighted by atomic mass is 16.5. The lowest BCUT2D eigenvalue weighted by Crippen LogP contribution is -2.37. The lowest BCUT2D eigenvalue weighted by molar-refractivity contribution is -0.138. The fourth-order valence-electron chi connectivity index (χ4n) is 2.78. The lowest BCUT2D eigenvalue weighted by Gasteiger charge is -2.31. The van der Waals surface area contributed by atoms with Crippen molar-refractivity contribution in [3.63, 3.8) is 0 Å². The molecular formula is C15H25N3O3. The largest absolute Gasteiger partial charge is 0.481 e. The first-order valence-corrected chi connectivity index (χ1v) is 7.67. The minimum atomic E-state index is -0.796. The molecule has 6 heteroatoms. The predicted molar refractivity (Wildman–Crippen MR) is 79.1 cm³/mol. The molecular weight excluding hydrogens is 270 g/mol. The maximum absolute atomic E-state index is 10.5. The second-order valence-corrected chi connectivity index (χ2v) is 5.58. The van der Waals surface area contributed by atoms with Crippen LogP contribution in [-0.2, 0) is 22.6 Å². The Morgan fingerprint density at radius 3 is 2.81 bits per heavy atom. The number of carboxylic acid groups (broad SMARTS) is 1. The number of nitrogens with zero attached hydrogens (tertiary/aromatic N) is 3. The van der Waals surface area contributed by atoms with Crippen molar-refractivity contribution < 1.29 is 14.6 Å². The number of carboxylic acids is 1. The molecule has 0 saturated carbocycles. The molecule has 2 rings (SSSR count). The van der Waals surface area contributed by atoms with Crippen molar-refractivity contribution >= 4 is 5.97 Å². The van der Waals surface area contributed by atoms with E-state index in [2.05, 4.69) is 27.7 Å². The molecule has 2 heterocycles. The monoisotopic (exact) mass is 295 g/mol. The Bertz CT molecular complexity index is 465. The third-order valence-corrected chi connectivity index (χ3v) is 3.87. The van der Waals surface area contributed by atoms with Gasteiger partial charge in [-0.1, -0.05) is 0 Å². The van der Waals surface area contributed by atoms with Crippen molar-refractivity contribution in [3.8, 4) is 0 Å². The molecule has 0 bridgehead atoms. The zero-order valence-electron chi connectivity index (χ0n) is 12.9. The fourth-order valence-corrected chi connectivity index (χ4v) is 2.78. The lowest BCUT2D eigenvalue weighted by atomic mass is 10.1. The summed E-state index contributed by atoms with van der Waals surface area (Å²) in [4.78, 5) is 12.9. The summed E-state index contributed by atoms with van der Waals surface area (Å²) in [6, 6.07) is 2.15. The van der Waals surface area contributed by atoms with E-state index < -0.39 is 5.97 Å². The van der Waals surface area contributed by atoms with Crippen molar-refractivity contribution in [2.24, 2.45) is 0 Å². The van der Waals surface area contributed by atoms with Gasteiger partial charge in [-0.2, -0.15) is 5.10 Å². The van der Waals surface area contributed by atoms with Gasteiger partial charge in [0.1, 0.15) is 0 Å². The van der Waals surface area contributed by atoms with Crippen LogP contribution in [-0.4, -0.2) is 51.6 Å². The number of aryl methyl sites for hydroxylation is 2. The Morgan fingerprint density at radius 2 is 2.19 bits per heavy atom. The first-order chi connectivity index (χ1) is 10.1. The average molecular weight is 295 g/mol. The molecule has 0 aromatic carbocycles. The Labute approximate surface area is 125 Å². The Kier molecular flexibility index (Phi) is 5.76. The first-order valence-electron chi connectivity index (χ1n) is 7.67. The number of piperidine rings is 1. The normalized spacial score (nSPS) is 17.2. The molecule has 0 amide bonds. The Hall–Kier alpha value is -1.40. The number of aliphatic carboxylic acids is 1. The molecule has 1 aromatic heterocycles. The second kappa shape index (κ2) is 7.56. The van der Waals surface area contributed by atoms with Gasteiger partial charge >= 0.3 is 5.97 Å². The highest BCUT2D eigenvalue weighted by molar-refractivity contribution is 5.66. The maximum atomic E-state index is 10.5. The summed E-state index contributed by atoms with van der Waals surface area (Å²) in [6.45, 7) is 8.27. The van der Waals surface area contributed by atoms with E-state index >= 15 is 0 Å². The van der Waals surface area contributed by atoms with Crippen LogP contribution in [0.15, 0.2) is 6.07 Å². The SMILES string of the molecule is CCn1nc(C)cc1CN1CCC(OCCC(=O)O)CC1. The molecule has 0 aliphatic carbocycles. The standard InChI is InChI=1S/C15H25N3O3/c1-3-18-13(10-12(2)16-18)11-17-7-4-14(5-8-17)21-9-6-15(19)20/h10,14H,3-9,11H2,1-2H3,(H,19,20). The smallest absolute Gasteiger partial charge is 0.305 e. The van der Waals surface area contributed by atoms with E-state index in [1.54, 1.807) is 0 Å². The van der Waals surface area contributed by atoms with Gasteiger partial charge in [0.25, 0.3) is 0 Å². The molecule has 1 aromatic rings. The molecule has 118 valence electrons. The summed E-state index contributed by atoms with van der Waals surface area (Å²) in [7, 11) is 0. The van der Waals surface area contributed by atoms with Gasteiger partial charge in [0.15, 0.2) is 0 Å². The van der Waals surface area contributed by atoms with Crippen LogP contribution < -0.4 is 0 Å². The minimum absolute atomic E-state index is 0.0924. The van der Waals surface area contributed by atoms with Crippen molar-refractivity contribution in [1.82, 2.24) is 14.7 Å². The number of hydrogen-bond donors (Lipinski definition) is 1. The number of hydrogen-bond acceptors (Lipinski definition) is 4. The van der Waals surface area contributed by atoms with E-state index in [4.69, 9.17) is 9.84 Å². The Balaban J connectivity index is 1.75. The highest BCUT2D eigenvalue weighted by Crippen LogP contribution is 2.17. The number of carbonyl (C=O) groups is 1. The third-order valence-electron chi connectivity index (χ3n) is 3.87. The van der Waals surface area contributed by atoms with Crippen LogP contribution in [0.25, 0.3) is 0 Å². The molecule has 21 heavy (non-hydrogen) atoms. The molecule has 6 nitrogen and oxygen atoms in total. The second-order valence-electron chi connectivity index (χ2n) is 5.58. The van der Waals surface area contributed by atoms with Crippen molar-refractivity contribution in [2.75, 3.05) is 19.7 Å². The van der Waals surface area contributed by atoms with Crippen LogP contribution in [0.5, 0.6) is 0 Å². The number of likely N-dealkylation sites (tertiary alicyclic amines) is 1. The van der Waals surface area contributed by atoms with Crippen molar-refractivity contribution in [2.45, 2.75) is 52.3 Å². The highest BCUT2D eigenvalue weighted by Gasteiger charge is 2.21. The predicted octanol–water partition coefficient (Wildman–Crippen LogP) is 1.67. The van der Waals surface area contributed by atoms with Crippen molar-refractivity contribution in [1.29, 1.82) is 0 Å². The summed E-state index contributed by atoms with van der Waals surface area (Å²) in [5.74, 6) is -0.796. The number of ether oxygens (including phenoxy) is 1. The Morgan fingerprint density at radius 1 is 1.48 bits per heavy atom. The molecule has 0 atom stereocenters. The van der Waals surface area contributed by atoms with Crippen LogP contribution in [0, 0.1) is 6.92 Å². The average Bonchev–Trinajstić information content (AvgIpc) is 2.80. The minimum Gasteiger partial charge on any atom is -0.481 e.